The lowest BCUT2D eigenvalue weighted by Crippen LogP contribution is -2.35. The highest BCUT2D eigenvalue weighted by molar-refractivity contribution is 5.67. The van der Waals surface area contributed by atoms with Crippen LogP contribution in [0.3, 0.4) is 0 Å². The largest absolute Gasteiger partial charge is 0.508 e. The predicted molar refractivity (Wildman–Crippen MR) is 72.1 cm³/mol. The normalized spacial score (nSPS) is 12.8. The molecule has 0 saturated heterocycles. The molecule has 1 amide bonds. The lowest BCUT2D eigenvalue weighted by Gasteiger charge is -2.21. The summed E-state index contributed by atoms with van der Waals surface area (Å²) in [5.41, 5.74) is 0.349. The molecular formula is C14H21NO4. The van der Waals surface area contributed by atoms with Crippen molar-refractivity contribution in [2.45, 2.75) is 32.5 Å². The van der Waals surface area contributed by atoms with E-state index >= 15 is 0 Å². The Bertz CT molecular complexity index is 408. The fraction of sp³-hybridized carbons (Fsp3) is 0.500. The van der Waals surface area contributed by atoms with Gasteiger partial charge in [0.1, 0.15) is 11.4 Å². The smallest absolute Gasteiger partial charge is 0.407 e. The first kappa shape index (κ1) is 15.3. The Morgan fingerprint density at radius 3 is 2.37 bits per heavy atom. The molecule has 0 radical (unpaired) electrons. The first-order valence-corrected chi connectivity index (χ1v) is 6.10. The van der Waals surface area contributed by atoms with Gasteiger partial charge in [-0.3, -0.25) is 0 Å². The third-order valence-electron chi connectivity index (χ3n) is 2.38. The fourth-order valence-corrected chi connectivity index (χ4v) is 1.52. The number of ether oxygens (including phenoxy) is 2. The first-order chi connectivity index (χ1) is 8.81. The number of hydrogen-bond acceptors (Lipinski definition) is 4. The van der Waals surface area contributed by atoms with E-state index in [4.69, 9.17) is 9.47 Å². The number of phenols is 1. The average Bonchev–Trinajstić information content (AvgIpc) is 2.29. The van der Waals surface area contributed by atoms with Gasteiger partial charge in [0.15, 0.2) is 0 Å². The van der Waals surface area contributed by atoms with Gasteiger partial charge < -0.3 is 19.9 Å². The number of methoxy groups -OCH3 is 1. The topological polar surface area (TPSA) is 67.8 Å². The minimum Gasteiger partial charge on any atom is -0.508 e. The minimum absolute atomic E-state index is 0.193. The summed E-state index contributed by atoms with van der Waals surface area (Å²) >= 11 is 0. The van der Waals surface area contributed by atoms with Crippen molar-refractivity contribution in [2.75, 3.05) is 13.7 Å². The van der Waals surface area contributed by atoms with Gasteiger partial charge in [-0.1, -0.05) is 12.1 Å². The molecule has 0 fully saturated rings. The van der Waals surface area contributed by atoms with Crippen LogP contribution in [0, 0.1) is 0 Å². The van der Waals surface area contributed by atoms with E-state index in [9.17, 15) is 9.90 Å². The molecule has 1 aromatic carbocycles. The summed E-state index contributed by atoms with van der Waals surface area (Å²) in [6.07, 6.45) is -0.763. The van der Waals surface area contributed by atoms with Gasteiger partial charge in [-0.05, 0) is 38.5 Å². The molecule has 0 saturated carbocycles. The second-order valence-corrected chi connectivity index (χ2v) is 5.20. The number of carbonyl (C=O) groups is 1. The Hall–Kier alpha value is -1.75. The number of aromatic hydroxyl groups is 1. The van der Waals surface area contributed by atoms with Crippen LogP contribution in [0.15, 0.2) is 24.3 Å². The van der Waals surface area contributed by atoms with Crippen LogP contribution in [0.25, 0.3) is 0 Å². The van der Waals surface area contributed by atoms with E-state index in [1.807, 2.05) is 0 Å². The van der Waals surface area contributed by atoms with Crippen LogP contribution in [0.2, 0.25) is 0 Å². The number of hydrogen-bond donors (Lipinski definition) is 2. The van der Waals surface area contributed by atoms with E-state index in [1.54, 1.807) is 52.1 Å². The lowest BCUT2D eigenvalue weighted by atomic mass is 10.1. The number of benzene rings is 1. The molecule has 0 aliphatic carbocycles. The van der Waals surface area contributed by atoms with E-state index < -0.39 is 11.7 Å². The molecule has 0 heterocycles. The molecule has 0 aliphatic rings. The molecule has 1 rings (SSSR count). The van der Waals surface area contributed by atoms with Crippen LogP contribution in [0.1, 0.15) is 32.4 Å². The quantitative estimate of drug-likeness (QED) is 0.880. The Morgan fingerprint density at radius 1 is 1.32 bits per heavy atom. The summed E-state index contributed by atoms with van der Waals surface area (Å²) < 4.78 is 10.4. The van der Waals surface area contributed by atoms with Crippen molar-refractivity contribution in [2.24, 2.45) is 0 Å². The molecular weight excluding hydrogens is 246 g/mol. The van der Waals surface area contributed by atoms with Gasteiger partial charge in [-0.2, -0.15) is 0 Å². The van der Waals surface area contributed by atoms with Crippen molar-refractivity contribution in [3.8, 4) is 5.75 Å². The molecule has 0 aliphatic heterocycles. The number of rotatable bonds is 4. The molecule has 19 heavy (non-hydrogen) atoms. The number of amides is 1. The number of carbonyl (C=O) groups excluding carboxylic acids is 1. The van der Waals surface area contributed by atoms with Crippen LogP contribution in [-0.4, -0.2) is 30.5 Å². The maximum absolute atomic E-state index is 11.5. The third kappa shape index (κ3) is 5.61. The van der Waals surface area contributed by atoms with E-state index in [1.165, 1.54) is 0 Å². The van der Waals surface area contributed by atoms with Crippen molar-refractivity contribution in [3.05, 3.63) is 29.8 Å². The van der Waals surface area contributed by atoms with Crippen molar-refractivity contribution < 1.29 is 19.4 Å². The minimum atomic E-state index is -0.523. The number of nitrogens with one attached hydrogen (secondary N) is 1. The molecule has 5 nitrogen and oxygen atoms in total. The summed E-state index contributed by atoms with van der Waals surface area (Å²) in [6, 6.07) is 6.66. The highest BCUT2D eigenvalue weighted by Crippen LogP contribution is 2.19. The first-order valence-electron chi connectivity index (χ1n) is 6.10. The molecule has 5 heteroatoms. The van der Waals surface area contributed by atoms with Crippen LogP contribution in [0.4, 0.5) is 4.79 Å². The summed E-state index contributed by atoms with van der Waals surface area (Å²) in [7, 11) is 1.56. The summed E-state index contributed by atoms with van der Waals surface area (Å²) in [5, 5.41) is 11.9. The Balaban J connectivity index is 2.54. The van der Waals surface area contributed by atoms with E-state index in [2.05, 4.69) is 5.32 Å². The molecule has 1 unspecified atom stereocenters. The second kappa shape index (κ2) is 6.43. The van der Waals surface area contributed by atoms with Crippen LogP contribution in [-0.2, 0) is 9.47 Å². The van der Waals surface area contributed by atoms with Gasteiger partial charge >= 0.3 is 6.09 Å². The zero-order valence-electron chi connectivity index (χ0n) is 11.8. The lowest BCUT2D eigenvalue weighted by molar-refractivity contribution is 0.0456. The zero-order valence-corrected chi connectivity index (χ0v) is 11.8. The SMILES string of the molecule is COC(CNC(=O)OC(C)(C)C)c1ccc(O)cc1. The molecule has 0 spiro atoms. The summed E-state index contributed by atoms with van der Waals surface area (Å²) in [6.45, 7) is 5.72. The maximum atomic E-state index is 11.5. The fourth-order valence-electron chi connectivity index (χ4n) is 1.52. The van der Waals surface area contributed by atoms with Crippen LogP contribution < -0.4 is 5.32 Å². The van der Waals surface area contributed by atoms with Gasteiger partial charge in [-0.15, -0.1) is 0 Å². The molecule has 106 valence electrons. The average molecular weight is 267 g/mol. The molecule has 1 aromatic rings. The van der Waals surface area contributed by atoms with E-state index in [0.29, 0.717) is 6.54 Å². The number of phenolic OH excluding ortho intramolecular Hbond substituents is 1. The predicted octanol–water partition coefficient (Wildman–Crippen LogP) is 2.60. The molecule has 2 N–H and O–H groups in total. The maximum Gasteiger partial charge on any atom is 0.407 e. The standard InChI is InChI=1S/C14H21NO4/c1-14(2,3)19-13(17)15-9-12(18-4)10-5-7-11(16)8-6-10/h5-8,12,16H,9H2,1-4H3,(H,15,17). The van der Waals surface area contributed by atoms with Gasteiger partial charge in [0.05, 0.1) is 12.6 Å². The van der Waals surface area contributed by atoms with E-state index in [-0.39, 0.29) is 11.9 Å². The second-order valence-electron chi connectivity index (χ2n) is 5.20. The van der Waals surface area contributed by atoms with Gasteiger partial charge in [0.25, 0.3) is 0 Å². The van der Waals surface area contributed by atoms with Crippen LogP contribution >= 0.6 is 0 Å². The number of alkyl carbamates (subject to hydrolysis) is 1. The highest BCUT2D eigenvalue weighted by Gasteiger charge is 2.18. The molecule has 0 aromatic heterocycles. The molecule has 1 atom stereocenters. The Morgan fingerprint density at radius 2 is 1.89 bits per heavy atom. The monoisotopic (exact) mass is 267 g/mol. The van der Waals surface area contributed by atoms with Crippen molar-refractivity contribution >= 4 is 6.09 Å². The van der Waals surface area contributed by atoms with E-state index in [0.717, 1.165) is 5.56 Å². The Kier molecular flexibility index (Phi) is 5.18. The van der Waals surface area contributed by atoms with Crippen molar-refractivity contribution in [1.29, 1.82) is 0 Å². The molecule has 0 bridgehead atoms. The van der Waals surface area contributed by atoms with Crippen molar-refractivity contribution in [3.63, 3.8) is 0 Å². The van der Waals surface area contributed by atoms with Gasteiger partial charge in [0, 0.05) is 7.11 Å². The van der Waals surface area contributed by atoms with Gasteiger partial charge in [0.2, 0.25) is 0 Å². The Labute approximate surface area is 113 Å². The van der Waals surface area contributed by atoms with Crippen molar-refractivity contribution in [1.82, 2.24) is 5.32 Å². The zero-order chi connectivity index (χ0) is 14.5. The highest BCUT2D eigenvalue weighted by atomic mass is 16.6. The summed E-state index contributed by atoms with van der Waals surface area (Å²) in [5.74, 6) is 0.193. The van der Waals surface area contributed by atoms with Crippen LogP contribution in [0.5, 0.6) is 5.75 Å². The summed E-state index contributed by atoms with van der Waals surface area (Å²) in [4.78, 5) is 11.5. The third-order valence-corrected chi connectivity index (χ3v) is 2.38. The van der Waals surface area contributed by atoms with Gasteiger partial charge in [-0.25, -0.2) is 4.79 Å².